The van der Waals surface area contributed by atoms with E-state index < -0.39 is 23.2 Å². The molecule has 2 atom stereocenters. The third kappa shape index (κ3) is 2.60. The molecular weight excluding hydrogens is 266 g/mol. The fraction of sp³-hybridized carbons (Fsp3) is 0.500. The molecule has 1 aromatic rings. The molecule has 0 radical (unpaired) electrons. The predicted molar refractivity (Wildman–Crippen MR) is 71.7 cm³/mol. The zero-order valence-corrected chi connectivity index (χ0v) is 11.5. The number of methoxy groups -OCH3 is 1. The van der Waals surface area contributed by atoms with Crippen molar-refractivity contribution < 1.29 is 18.3 Å². The second kappa shape index (κ2) is 5.75. The SMILES string of the molecule is COC(=O)c1ccc(N2CCC(C)C(N)C2)c(F)c1F. The van der Waals surface area contributed by atoms with Gasteiger partial charge in [-0.3, -0.25) is 0 Å². The lowest BCUT2D eigenvalue weighted by molar-refractivity contribution is 0.0594. The number of nitrogens with zero attached hydrogens (tertiary/aromatic N) is 1. The van der Waals surface area contributed by atoms with Crippen molar-refractivity contribution in [2.24, 2.45) is 11.7 Å². The first-order valence-corrected chi connectivity index (χ1v) is 6.52. The summed E-state index contributed by atoms with van der Waals surface area (Å²) in [6.07, 6.45) is 0.820. The zero-order chi connectivity index (χ0) is 14.9. The fourth-order valence-electron chi connectivity index (χ4n) is 2.37. The third-order valence-corrected chi connectivity index (χ3v) is 3.82. The van der Waals surface area contributed by atoms with E-state index in [-0.39, 0.29) is 11.7 Å². The number of carbonyl (C=O) groups is 1. The highest BCUT2D eigenvalue weighted by atomic mass is 19.2. The van der Waals surface area contributed by atoms with Crippen LogP contribution in [0.3, 0.4) is 0 Å². The van der Waals surface area contributed by atoms with Gasteiger partial charge in [0.05, 0.1) is 18.4 Å². The number of halogens is 2. The summed E-state index contributed by atoms with van der Waals surface area (Å²) in [5.41, 5.74) is 5.70. The quantitative estimate of drug-likeness (QED) is 0.843. The Balaban J connectivity index is 2.30. The number of anilines is 1. The highest BCUT2D eigenvalue weighted by Gasteiger charge is 2.27. The van der Waals surface area contributed by atoms with Gasteiger partial charge in [0.15, 0.2) is 11.6 Å². The van der Waals surface area contributed by atoms with Crippen LogP contribution in [-0.2, 0) is 4.74 Å². The van der Waals surface area contributed by atoms with Crippen LogP contribution in [-0.4, -0.2) is 32.2 Å². The summed E-state index contributed by atoms with van der Waals surface area (Å²) >= 11 is 0. The first-order valence-electron chi connectivity index (χ1n) is 6.52. The average molecular weight is 284 g/mol. The monoisotopic (exact) mass is 284 g/mol. The summed E-state index contributed by atoms with van der Waals surface area (Å²) in [6, 6.07) is 2.56. The normalized spacial score (nSPS) is 22.8. The number of hydrogen-bond acceptors (Lipinski definition) is 4. The molecule has 2 rings (SSSR count). The van der Waals surface area contributed by atoms with Gasteiger partial charge < -0.3 is 15.4 Å². The molecule has 2 unspecified atom stereocenters. The molecule has 0 aromatic heterocycles. The lowest BCUT2D eigenvalue weighted by Gasteiger charge is -2.36. The number of piperidine rings is 1. The number of nitrogens with two attached hydrogens (primary N) is 1. The highest BCUT2D eigenvalue weighted by molar-refractivity contribution is 5.90. The molecule has 0 amide bonds. The van der Waals surface area contributed by atoms with E-state index in [0.29, 0.717) is 19.0 Å². The largest absolute Gasteiger partial charge is 0.465 e. The van der Waals surface area contributed by atoms with Gasteiger partial charge >= 0.3 is 5.97 Å². The molecule has 2 N–H and O–H groups in total. The van der Waals surface area contributed by atoms with Gasteiger partial charge in [-0.15, -0.1) is 0 Å². The molecule has 0 aliphatic carbocycles. The Labute approximate surface area is 116 Å². The van der Waals surface area contributed by atoms with E-state index in [1.54, 1.807) is 4.90 Å². The molecular formula is C14H18F2N2O2. The van der Waals surface area contributed by atoms with Crippen molar-refractivity contribution >= 4 is 11.7 Å². The van der Waals surface area contributed by atoms with Crippen LogP contribution in [0.1, 0.15) is 23.7 Å². The number of carbonyl (C=O) groups excluding carboxylic acids is 1. The van der Waals surface area contributed by atoms with Crippen molar-refractivity contribution in [3.05, 3.63) is 29.3 Å². The van der Waals surface area contributed by atoms with Gasteiger partial charge in [-0.2, -0.15) is 0 Å². The first kappa shape index (κ1) is 14.7. The Morgan fingerprint density at radius 3 is 2.70 bits per heavy atom. The van der Waals surface area contributed by atoms with Gasteiger partial charge in [0.2, 0.25) is 0 Å². The fourth-order valence-corrected chi connectivity index (χ4v) is 2.37. The van der Waals surface area contributed by atoms with Gasteiger partial charge in [0, 0.05) is 19.1 Å². The van der Waals surface area contributed by atoms with Crippen LogP contribution >= 0.6 is 0 Å². The van der Waals surface area contributed by atoms with Gasteiger partial charge in [-0.25, -0.2) is 13.6 Å². The van der Waals surface area contributed by atoms with Gasteiger partial charge in [-0.1, -0.05) is 6.92 Å². The topological polar surface area (TPSA) is 55.6 Å². The van der Waals surface area contributed by atoms with Gasteiger partial charge in [0.1, 0.15) is 0 Å². The summed E-state index contributed by atoms with van der Waals surface area (Å²) in [5, 5.41) is 0. The second-order valence-electron chi connectivity index (χ2n) is 5.13. The van der Waals surface area contributed by atoms with Crippen molar-refractivity contribution in [1.29, 1.82) is 0 Å². The van der Waals surface area contributed by atoms with Crippen LogP contribution in [0.4, 0.5) is 14.5 Å². The molecule has 1 saturated heterocycles. The van der Waals surface area contributed by atoms with Crippen molar-refractivity contribution in [3.8, 4) is 0 Å². The Hall–Kier alpha value is -1.69. The van der Waals surface area contributed by atoms with Crippen LogP contribution in [0.25, 0.3) is 0 Å². The number of rotatable bonds is 2. The van der Waals surface area contributed by atoms with Crippen molar-refractivity contribution in [1.82, 2.24) is 0 Å². The number of esters is 1. The van der Waals surface area contributed by atoms with Crippen LogP contribution < -0.4 is 10.6 Å². The maximum Gasteiger partial charge on any atom is 0.340 e. The lowest BCUT2D eigenvalue weighted by Crippen LogP contribution is -2.48. The van der Waals surface area contributed by atoms with E-state index in [9.17, 15) is 13.6 Å². The maximum absolute atomic E-state index is 14.1. The molecule has 6 heteroatoms. The van der Waals surface area contributed by atoms with Crippen molar-refractivity contribution in [2.75, 3.05) is 25.1 Å². The molecule has 20 heavy (non-hydrogen) atoms. The molecule has 1 aromatic carbocycles. The van der Waals surface area contributed by atoms with E-state index in [0.717, 1.165) is 13.5 Å². The standard InChI is InChI=1S/C14H18F2N2O2/c1-8-5-6-18(7-10(8)17)11-4-3-9(14(19)20-2)12(15)13(11)16/h3-4,8,10H,5-7,17H2,1-2H3. The lowest BCUT2D eigenvalue weighted by atomic mass is 9.94. The summed E-state index contributed by atoms with van der Waals surface area (Å²) in [4.78, 5) is 13.0. The third-order valence-electron chi connectivity index (χ3n) is 3.82. The molecule has 4 nitrogen and oxygen atoms in total. The Kier molecular flexibility index (Phi) is 4.23. The molecule has 0 saturated carbocycles. The molecule has 1 aliphatic heterocycles. The molecule has 0 bridgehead atoms. The van der Waals surface area contributed by atoms with Crippen molar-refractivity contribution in [2.45, 2.75) is 19.4 Å². The molecule has 110 valence electrons. The summed E-state index contributed by atoms with van der Waals surface area (Å²) in [7, 11) is 1.12. The van der Waals surface area contributed by atoms with E-state index in [1.165, 1.54) is 12.1 Å². The van der Waals surface area contributed by atoms with Gasteiger partial charge in [-0.05, 0) is 24.5 Å². The second-order valence-corrected chi connectivity index (χ2v) is 5.13. The van der Waals surface area contributed by atoms with Crippen LogP contribution in [0, 0.1) is 17.6 Å². The molecule has 1 fully saturated rings. The maximum atomic E-state index is 14.1. The Bertz CT molecular complexity index is 522. The summed E-state index contributed by atoms with van der Waals surface area (Å²) in [5.74, 6) is -2.75. The minimum Gasteiger partial charge on any atom is -0.465 e. The van der Waals surface area contributed by atoms with Crippen LogP contribution in [0.5, 0.6) is 0 Å². The minimum absolute atomic E-state index is 0.0773. The summed E-state index contributed by atoms with van der Waals surface area (Å²) < 4.78 is 32.4. The average Bonchev–Trinajstić information content (AvgIpc) is 2.44. The molecule has 1 heterocycles. The number of hydrogen-bond donors (Lipinski definition) is 1. The molecule has 0 spiro atoms. The van der Waals surface area contributed by atoms with E-state index >= 15 is 0 Å². The van der Waals surface area contributed by atoms with Crippen LogP contribution in [0.15, 0.2) is 12.1 Å². The van der Waals surface area contributed by atoms with E-state index in [4.69, 9.17) is 5.73 Å². The van der Waals surface area contributed by atoms with E-state index in [1.807, 2.05) is 6.92 Å². The first-order chi connectivity index (χ1) is 9.45. The highest BCUT2D eigenvalue weighted by Crippen LogP contribution is 2.28. The summed E-state index contributed by atoms with van der Waals surface area (Å²) in [6.45, 7) is 3.12. The van der Waals surface area contributed by atoms with Crippen LogP contribution in [0.2, 0.25) is 0 Å². The predicted octanol–water partition coefficient (Wildman–Crippen LogP) is 1.92. The number of ether oxygens (including phenoxy) is 1. The minimum atomic E-state index is -1.18. The van der Waals surface area contributed by atoms with E-state index in [2.05, 4.69) is 4.74 Å². The van der Waals surface area contributed by atoms with Gasteiger partial charge in [0.25, 0.3) is 0 Å². The Morgan fingerprint density at radius 2 is 2.10 bits per heavy atom. The Morgan fingerprint density at radius 1 is 1.40 bits per heavy atom. The smallest absolute Gasteiger partial charge is 0.340 e. The number of benzene rings is 1. The molecule has 1 aliphatic rings. The van der Waals surface area contributed by atoms with Crippen molar-refractivity contribution in [3.63, 3.8) is 0 Å². The zero-order valence-electron chi connectivity index (χ0n) is 11.5.